The normalized spacial score (nSPS) is 11.9. The predicted molar refractivity (Wildman–Crippen MR) is 79.3 cm³/mol. The van der Waals surface area contributed by atoms with Crippen molar-refractivity contribution in [3.8, 4) is 0 Å². The van der Waals surface area contributed by atoms with Crippen molar-refractivity contribution >= 4 is 11.6 Å². The van der Waals surface area contributed by atoms with Crippen LogP contribution in [0.25, 0.3) is 0 Å². The van der Waals surface area contributed by atoms with Crippen molar-refractivity contribution in [2.75, 3.05) is 31.3 Å². The van der Waals surface area contributed by atoms with E-state index in [1.165, 1.54) is 0 Å². The zero-order valence-corrected chi connectivity index (χ0v) is 12.7. The van der Waals surface area contributed by atoms with Gasteiger partial charge in [0.25, 0.3) is 0 Å². The van der Waals surface area contributed by atoms with Gasteiger partial charge in [0.15, 0.2) is 0 Å². The van der Waals surface area contributed by atoms with Gasteiger partial charge in [-0.05, 0) is 11.8 Å². The first kappa shape index (κ1) is 15.7. The molecule has 0 radical (unpaired) electrons. The lowest BCUT2D eigenvalue weighted by Crippen LogP contribution is -2.25. The van der Waals surface area contributed by atoms with E-state index in [4.69, 9.17) is 10.5 Å². The Labute approximate surface area is 116 Å². The molecule has 108 valence electrons. The minimum absolute atomic E-state index is 0.147. The Morgan fingerprint density at radius 3 is 2.63 bits per heavy atom. The Morgan fingerprint density at radius 1 is 1.37 bits per heavy atom. The lowest BCUT2D eigenvalue weighted by Gasteiger charge is -2.25. The lowest BCUT2D eigenvalue weighted by molar-refractivity contribution is 0.157. The van der Waals surface area contributed by atoms with Crippen molar-refractivity contribution in [1.29, 1.82) is 0 Å². The molecule has 0 saturated heterocycles. The zero-order chi connectivity index (χ0) is 14.5. The lowest BCUT2D eigenvalue weighted by atomic mass is 9.90. The minimum Gasteiger partial charge on any atom is -0.385 e. The van der Waals surface area contributed by atoms with Crippen LogP contribution >= 0.6 is 0 Å². The average molecular weight is 266 g/mol. The van der Waals surface area contributed by atoms with Gasteiger partial charge in [-0.25, -0.2) is 9.97 Å². The van der Waals surface area contributed by atoms with Crippen molar-refractivity contribution in [1.82, 2.24) is 9.97 Å². The number of nitrogens with one attached hydrogen (secondary N) is 1. The number of nitrogens with zero attached hydrogens (tertiary/aromatic N) is 2. The SMILES string of the molecule is COCCC(C)(C)CNc1cc(N)nc(C(C)C)n1. The van der Waals surface area contributed by atoms with Crippen LogP contribution in [0.15, 0.2) is 6.07 Å². The van der Waals surface area contributed by atoms with Gasteiger partial charge in [-0.1, -0.05) is 27.7 Å². The molecule has 5 nitrogen and oxygen atoms in total. The molecule has 5 heteroatoms. The summed E-state index contributed by atoms with van der Waals surface area (Å²) < 4.78 is 5.13. The molecular formula is C14H26N4O. The van der Waals surface area contributed by atoms with Crippen LogP contribution in [0.4, 0.5) is 11.6 Å². The quantitative estimate of drug-likeness (QED) is 0.793. The van der Waals surface area contributed by atoms with E-state index < -0.39 is 0 Å². The summed E-state index contributed by atoms with van der Waals surface area (Å²) in [6.45, 7) is 10.1. The van der Waals surface area contributed by atoms with Crippen molar-refractivity contribution in [3.05, 3.63) is 11.9 Å². The van der Waals surface area contributed by atoms with E-state index in [1.807, 2.05) is 0 Å². The first-order valence-corrected chi connectivity index (χ1v) is 6.71. The topological polar surface area (TPSA) is 73.1 Å². The van der Waals surface area contributed by atoms with Gasteiger partial charge < -0.3 is 15.8 Å². The van der Waals surface area contributed by atoms with Crippen molar-refractivity contribution < 1.29 is 4.74 Å². The number of hydrogen-bond acceptors (Lipinski definition) is 5. The van der Waals surface area contributed by atoms with Crippen molar-refractivity contribution in [2.45, 2.75) is 40.0 Å². The first-order valence-electron chi connectivity index (χ1n) is 6.71. The highest BCUT2D eigenvalue weighted by Crippen LogP contribution is 2.22. The molecule has 1 heterocycles. The summed E-state index contributed by atoms with van der Waals surface area (Å²) in [5.74, 6) is 2.35. The Hall–Kier alpha value is -1.36. The molecule has 1 rings (SSSR count). The van der Waals surface area contributed by atoms with E-state index in [-0.39, 0.29) is 11.3 Å². The average Bonchev–Trinajstić information content (AvgIpc) is 2.33. The van der Waals surface area contributed by atoms with Gasteiger partial charge in [0.05, 0.1) is 0 Å². The number of aromatic nitrogens is 2. The van der Waals surface area contributed by atoms with Crippen LogP contribution in [-0.2, 0) is 4.74 Å². The van der Waals surface area contributed by atoms with E-state index in [9.17, 15) is 0 Å². The van der Waals surface area contributed by atoms with Gasteiger partial charge in [-0.2, -0.15) is 0 Å². The standard InChI is InChI=1S/C14H26N4O/c1-10(2)13-17-11(15)8-12(18-13)16-9-14(3,4)6-7-19-5/h8,10H,6-7,9H2,1-5H3,(H3,15,16,17,18). The highest BCUT2D eigenvalue weighted by atomic mass is 16.5. The van der Waals surface area contributed by atoms with Gasteiger partial charge in [0.1, 0.15) is 17.5 Å². The van der Waals surface area contributed by atoms with Gasteiger partial charge in [-0.3, -0.25) is 0 Å². The monoisotopic (exact) mass is 266 g/mol. The second kappa shape index (κ2) is 6.70. The summed E-state index contributed by atoms with van der Waals surface area (Å²) in [4.78, 5) is 8.72. The smallest absolute Gasteiger partial charge is 0.135 e. The highest BCUT2D eigenvalue weighted by molar-refractivity contribution is 5.45. The van der Waals surface area contributed by atoms with Crippen molar-refractivity contribution in [3.63, 3.8) is 0 Å². The number of ether oxygens (including phenoxy) is 1. The fourth-order valence-corrected chi connectivity index (χ4v) is 1.63. The first-order chi connectivity index (χ1) is 8.84. The Kier molecular flexibility index (Phi) is 5.54. The highest BCUT2D eigenvalue weighted by Gasteiger charge is 2.18. The Bertz CT molecular complexity index is 404. The summed E-state index contributed by atoms with van der Waals surface area (Å²) in [6.07, 6.45) is 0.994. The molecule has 0 spiro atoms. The molecule has 0 saturated carbocycles. The number of hydrogen-bond donors (Lipinski definition) is 2. The molecule has 0 aliphatic rings. The fraction of sp³-hybridized carbons (Fsp3) is 0.714. The fourth-order valence-electron chi connectivity index (χ4n) is 1.63. The zero-order valence-electron chi connectivity index (χ0n) is 12.7. The molecule has 0 bridgehead atoms. The van der Waals surface area contributed by atoms with Gasteiger partial charge in [0, 0.05) is 32.2 Å². The van der Waals surface area contributed by atoms with E-state index in [0.717, 1.165) is 31.2 Å². The third-order valence-corrected chi connectivity index (χ3v) is 3.01. The molecule has 3 N–H and O–H groups in total. The summed E-state index contributed by atoms with van der Waals surface area (Å²) in [5, 5.41) is 3.34. The molecule has 0 aliphatic heterocycles. The van der Waals surface area contributed by atoms with Crippen LogP contribution in [0.5, 0.6) is 0 Å². The third-order valence-electron chi connectivity index (χ3n) is 3.01. The minimum atomic E-state index is 0.147. The van der Waals surface area contributed by atoms with E-state index >= 15 is 0 Å². The van der Waals surface area contributed by atoms with Crippen LogP contribution in [0.3, 0.4) is 0 Å². The number of nitrogens with two attached hydrogens (primary N) is 1. The Morgan fingerprint density at radius 2 is 2.05 bits per heavy atom. The maximum atomic E-state index is 5.81. The molecule has 0 fully saturated rings. The largest absolute Gasteiger partial charge is 0.385 e. The molecular weight excluding hydrogens is 240 g/mol. The van der Waals surface area contributed by atoms with Crippen LogP contribution in [0.2, 0.25) is 0 Å². The summed E-state index contributed by atoms with van der Waals surface area (Å²) in [5.41, 5.74) is 5.95. The van der Waals surface area contributed by atoms with Gasteiger partial charge >= 0.3 is 0 Å². The molecule has 1 aromatic heterocycles. The number of rotatable bonds is 7. The summed E-state index contributed by atoms with van der Waals surface area (Å²) >= 11 is 0. The predicted octanol–water partition coefficient (Wildman–Crippen LogP) is 2.66. The van der Waals surface area contributed by atoms with E-state index in [0.29, 0.717) is 5.82 Å². The number of methoxy groups -OCH3 is 1. The molecule has 19 heavy (non-hydrogen) atoms. The maximum absolute atomic E-state index is 5.81. The summed E-state index contributed by atoms with van der Waals surface area (Å²) in [6, 6.07) is 1.78. The maximum Gasteiger partial charge on any atom is 0.135 e. The van der Waals surface area contributed by atoms with Crippen LogP contribution in [-0.4, -0.2) is 30.2 Å². The van der Waals surface area contributed by atoms with Crippen LogP contribution in [0.1, 0.15) is 45.9 Å². The molecule has 0 amide bonds. The van der Waals surface area contributed by atoms with Gasteiger partial charge in [-0.15, -0.1) is 0 Å². The molecule has 0 atom stereocenters. The second-order valence-corrected chi connectivity index (χ2v) is 5.95. The Balaban J connectivity index is 2.67. The molecule has 0 aliphatic carbocycles. The van der Waals surface area contributed by atoms with E-state index in [1.54, 1.807) is 13.2 Å². The second-order valence-electron chi connectivity index (χ2n) is 5.95. The molecule has 1 aromatic rings. The number of anilines is 2. The third kappa shape index (κ3) is 5.42. The van der Waals surface area contributed by atoms with Gasteiger partial charge in [0.2, 0.25) is 0 Å². The summed E-state index contributed by atoms with van der Waals surface area (Å²) in [7, 11) is 1.73. The molecule has 0 aromatic carbocycles. The van der Waals surface area contributed by atoms with Crippen molar-refractivity contribution in [2.24, 2.45) is 5.41 Å². The van der Waals surface area contributed by atoms with Crippen LogP contribution < -0.4 is 11.1 Å². The van der Waals surface area contributed by atoms with Crippen LogP contribution in [0, 0.1) is 5.41 Å². The van der Waals surface area contributed by atoms with E-state index in [2.05, 4.69) is 43.0 Å². The number of nitrogen functional groups attached to an aromatic ring is 1. The molecule has 0 unspecified atom stereocenters.